The molecule has 0 bridgehead atoms. The number of hydrogen-bond donors (Lipinski definition) is 0. The van der Waals surface area contributed by atoms with Gasteiger partial charge in [0.15, 0.2) is 0 Å². The number of rotatable bonds is 2. The first-order valence-electron chi connectivity index (χ1n) is 7.98. The van der Waals surface area contributed by atoms with Gasteiger partial charge in [-0.1, -0.05) is 29.8 Å². The van der Waals surface area contributed by atoms with Crippen LogP contribution in [-0.2, 0) is 11.8 Å². The van der Waals surface area contributed by atoms with Gasteiger partial charge in [-0.05, 0) is 32.9 Å². The van der Waals surface area contributed by atoms with Crippen molar-refractivity contribution < 1.29 is 9.53 Å². The zero-order valence-electron chi connectivity index (χ0n) is 14.4. The molecule has 1 unspecified atom stereocenters. The molecule has 0 N–H and O–H groups in total. The number of nitrogens with zero attached hydrogens (tertiary/aromatic N) is 3. The summed E-state index contributed by atoms with van der Waals surface area (Å²) in [5, 5.41) is 4.94. The molecule has 3 rings (SSSR count). The van der Waals surface area contributed by atoms with Crippen molar-refractivity contribution in [1.29, 1.82) is 0 Å². The maximum Gasteiger partial charge on any atom is 0.272 e. The minimum absolute atomic E-state index is 0.0385. The summed E-state index contributed by atoms with van der Waals surface area (Å²) in [5.74, 6) is -0.0385. The van der Waals surface area contributed by atoms with Crippen LogP contribution in [0.1, 0.15) is 41.7 Å². The summed E-state index contributed by atoms with van der Waals surface area (Å²) >= 11 is 6.30. The molecule has 6 heteroatoms. The van der Waals surface area contributed by atoms with Gasteiger partial charge in [0.05, 0.1) is 24.4 Å². The molecule has 1 fully saturated rings. The zero-order chi connectivity index (χ0) is 17.5. The number of benzene rings is 1. The van der Waals surface area contributed by atoms with E-state index in [0.717, 1.165) is 11.3 Å². The summed E-state index contributed by atoms with van der Waals surface area (Å²) < 4.78 is 7.64. The second-order valence-corrected chi connectivity index (χ2v) is 7.25. The predicted molar refractivity (Wildman–Crippen MR) is 93.2 cm³/mol. The Morgan fingerprint density at radius 3 is 2.71 bits per heavy atom. The van der Waals surface area contributed by atoms with E-state index >= 15 is 0 Å². The quantitative estimate of drug-likeness (QED) is 0.836. The zero-order valence-corrected chi connectivity index (χ0v) is 15.2. The third-order valence-corrected chi connectivity index (χ3v) is 4.78. The number of morpholine rings is 1. The number of halogens is 1. The Bertz CT molecular complexity index is 769. The molecular weight excluding hydrogens is 326 g/mol. The van der Waals surface area contributed by atoms with Crippen molar-refractivity contribution in [3.05, 3.63) is 52.3 Å². The van der Waals surface area contributed by atoms with Gasteiger partial charge >= 0.3 is 0 Å². The highest BCUT2D eigenvalue weighted by molar-refractivity contribution is 6.31. The number of carbonyl (C=O) groups excluding carboxylic acids is 1. The monoisotopic (exact) mass is 347 g/mol. The van der Waals surface area contributed by atoms with Crippen LogP contribution in [0.15, 0.2) is 30.3 Å². The Hall–Kier alpha value is -1.85. The fourth-order valence-corrected chi connectivity index (χ4v) is 3.34. The van der Waals surface area contributed by atoms with Gasteiger partial charge in [-0.15, -0.1) is 0 Å². The van der Waals surface area contributed by atoms with E-state index < -0.39 is 5.54 Å². The topological polar surface area (TPSA) is 47.4 Å². The van der Waals surface area contributed by atoms with Gasteiger partial charge in [0.2, 0.25) is 0 Å². The number of ether oxygens (including phenoxy) is 1. The molecule has 0 radical (unpaired) electrons. The fourth-order valence-electron chi connectivity index (χ4n) is 3.08. The van der Waals surface area contributed by atoms with Crippen molar-refractivity contribution >= 4 is 17.5 Å². The van der Waals surface area contributed by atoms with Gasteiger partial charge in [0, 0.05) is 17.6 Å². The normalized spacial score (nSPS) is 20.2. The molecule has 1 atom stereocenters. The minimum atomic E-state index is -0.396. The van der Waals surface area contributed by atoms with Crippen LogP contribution in [0.4, 0.5) is 0 Å². The first kappa shape index (κ1) is 17.0. The van der Waals surface area contributed by atoms with Crippen LogP contribution in [0.25, 0.3) is 0 Å². The van der Waals surface area contributed by atoms with Crippen molar-refractivity contribution in [3.63, 3.8) is 0 Å². The molecule has 1 aliphatic rings. The lowest BCUT2D eigenvalue weighted by atomic mass is 9.97. The highest BCUT2D eigenvalue weighted by Crippen LogP contribution is 2.34. The Kier molecular flexibility index (Phi) is 4.40. The van der Waals surface area contributed by atoms with E-state index in [4.69, 9.17) is 16.3 Å². The highest BCUT2D eigenvalue weighted by Gasteiger charge is 2.40. The third-order valence-electron chi connectivity index (χ3n) is 4.44. The van der Waals surface area contributed by atoms with Gasteiger partial charge in [-0.2, -0.15) is 5.10 Å². The molecule has 1 saturated heterocycles. The number of aryl methyl sites for hydroxylation is 2. The van der Waals surface area contributed by atoms with Crippen LogP contribution in [-0.4, -0.2) is 39.3 Å². The Labute approximate surface area is 147 Å². The van der Waals surface area contributed by atoms with E-state index in [1.165, 1.54) is 0 Å². The van der Waals surface area contributed by atoms with E-state index in [9.17, 15) is 4.79 Å². The lowest BCUT2D eigenvalue weighted by Gasteiger charge is -2.45. The van der Waals surface area contributed by atoms with Crippen LogP contribution in [0.5, 0.6) is 0 Å². The molecule has 0 spiro atoms. The van der Waals surface area contributed by atoms with E-state index in [0.29, 0.717) is 23.9 Å². The minimum Gasteiger partial charge on any atom is -0.369 e. The molecule has 1 aromatic carbocycles. The Morgan fingerprint density at radius 1 is 1.38 bits per heavy atom. The average molecular weight is 348 g/mol. The van der Waals surface area contributed by atoms with Crippen molar-refractivity contribution in [2.75, 3.05) is 13.2 Å². The van der Waals surface area contributed by atoms with Gasteiger partial charge in [0.25, 0.3) is 5.91 Å². The molecule has 1 aromatic heterocycles. The van der Waals surface area contributed by atoms with Gasteiger partial charge in [0.1, 0.15) is 11.8 Å². The maximum atomic E-state index is 13.1. The number of amides is 1. The highest BCUT2D eigenvalue weighted by atomic mass is 35.5. The molecule has 2 heterocycles. The van der Waals surface area contributed by atoms with Crippen LogP contribution in [0, 0.1) is 6.92 Å². The number of aromatic nitrogens is 2. The molecule has 128 valence electrons. The first-order chi connectivity index (χ1) is 11.3. The van der Waals surface area contributed by atoms with Crippen LogP contribution in [0.2, 0.25) is 5.02 Å². The van der Waals surface area contributed by atoms with E-state index in [2.05, 4.69) is 5.10 Å². The smallest absolute Gasteiger partial charge is 0.272 e. The molecule has 24 heavy (non-hydrogen) atoms. The number of hydrogen-bond acceptors (Lipinski definition) is 3. The lowest BCUT2D eigenvalue weighted by Crippen LogP contribution is -2.56. The lowest BCUT2D eigenvalue weighted by molar-refractivity contribution is -0.0849. The number of carbonyl (C=O) groups is 1. The van der Waals surface area contributed by atoms with E-state index in [1.54, 1.807) is 11.7 Å². The molecule has 0 saturated carbocycles. The largest absolute Gasteiger partial charge is 0.369 e. The van der Waals surface area contributed by atoms with Crippen molar-refractivity contribution in [3.8, 4) is 0 Å². The summed E-state index contributed by atoms with van der Waals surface area (Å²) in [5.41, 5.74) is 1.93. The molecule has 1 amide bonds. The third kappa shape index (κ3) is 3.06. The van der Waals surface area contributed by atoms with Crippen molar-refractivity contribution in [2.24, 2.45) is 7.05 Å². The molecule has 0 aliphatic carbocycles. The Balaban J connectivity index is 1.91. The van der Waals surface area contributed by atoms with Crippen LogP contribution in [0.3, 0.4) is 0 Å². The fraction of sp³-hybridized carbons (Fsp3) is 0.444. The van der Waals surface area contributed by atoms with Gasteiger partial charge in [-0.3, -0.25) is 9.48 Å². The molecule has 5 nitrogen and oxygen atoms in total. The average Bonchev–Trinajstić information content (AvgIpc) is 2.86. The summed E-state index contributed by atoms with van der Waals surface area (Å²) in [6, 6.07) is 9.43. The van der Waals surface area contributed by atoms with Crippen LogP contribution >= 0.6 is 11.6 Å². The van der Waals surface area contributed by atoms with Gasteiger partial charge < -0.3 is 9.64 Å². The van der Waals surface area contributed by atoms with Crippen LogP contribution < -0.4 is 0 Å². The second kappa shape index (κ2) is 6.22. The predicted octanol–water partition coefficient (Wildman–Crippen LogP) is 3.37. The van der Waals surface area contributed by atoms with E-state index in [1.807, 2.05) is 56.0 Å². The summed E-state index contributed by atoms with van der Waals surface area (Å²) in [6.07, 6.45) is -0.231. The Morgan fingerprint density at radius 2 is 2.08 bits per heavy atom. The summed E-state index contributed by atoms with van der Waals surface area (Å²) in [4.78, 5) is 14.9. The SMILES string of the molecule is Cc1cc(C(=O)N2CC(c3ccccc3Cl)OCC2(C)C)n(C)n1. The maximum absolute atomic E-state index is 13.1. The molecule has 1 aliphatic heterocycles. The first-order valence-corrected chi connectivity index (χ1v) is 8.36. The van der Waals surface area contributed by atoms with Gasteiger partial charge in [-0.25, -0.2) is 0 Å². The van der Waals surface area contributed by atoms with E-state index in [-0.39, 0.29) is 12.0 Å². The van der Waals surface area contributed by atoms with Crippen molar-refractivity contribution in [2.45, 2.75) is 32.4 Å². The summed E-state index contributed by atoms with van der Waals surface area (Å²) in [6.45, 7) is 6.81. The standard InChI is InChI=1S/C18H22ClN3O2/c1-12-9-15(21(4)20-12)17(23)22-10-16(24-11-18(22,2)3)13-7-5-6-8-14(13)19/h5-9,16H,10-11H2,1-4H3. The van der Waals surface area contributed by atoms with Crippen molar-refractivity contribution in [1.82, 2.24) is 14.7 Å². The summed E-state index contributed by atoms with van der Waals surface area (Å²) in [7, 11) is 1.79. The second-order valence-electron chi connectivity index (χ2n) is 6.84. The molecule has 2 aromatic rings. The molecular formula is C18H22ClN3O2.